The minimum Gasteiger partial charge on any atom is -0.506 e. The molecule has 3 heteroatoms. The van der Waals surface area contributed by atoms with E-state index in [0.29, 0.717) is 11.8 Å². The minimum atomic E-state index is 0.338. The number of hydrogen-bond donors (Lipinski definition) is 3. The third kappa shape index (κ3) is 1.12. The molecule has 1 saturated heterocycles. The summed E-state index contributed by atoms with van der Waals surface area (Å²) < 4.78 is 0. The molecule has 60 valence electrons. The Balaban J connectivity index is 2.21. The van der Waals surface area contributed by atoms with E-state index in [-0.39, 0.29) is 0 Å². The van der Waals surface area contributed by atoms with Gasteiger partial charge < -0.3 is 15.4 Å². The number of H-pyrrole nitrogens is 1. The van der Waals surface area contributed by atoms with Crippen molar-refractivity contribution in [3.05, 3.63) is 18.0 Å². The monoisotopic (exact) mass is 152 g/mol. The maximum Gasteiger partial charge on any atom is 0.137 e. The molecule has 2 rings (SSSR count). The quantitative estimate of drug-likeness (QED) is 0.565. The highest BCUT2D eigenvalue weighted by atomic mass is 16.3. The van der Waals surface area contributed by atoms with Gasteiger partial charge in [0.2, 0.25) is 0 Å². The van der Waals surface area contributed by atoms with Crippen molar-refractivity contribution in [1.29, 1.82) is 0 Å². The van der Waals surface area contributed by atoms with Gasteiger partial charge in [0.05, 0.1) is 11.7 Å². The molecule has 1 aliphatic rings. The van der Waals surface area contributed by atoms with E-state index in [1.54, 1.807) is 12.3 Å². The van der Waals surface area contributed by atoms with Crippen molar-refractivity contribution in [2.75, 3.05) is 6.54 Å². The van der Waals surface area contributed by atoms with E-state index in [0.717, 1.165) is 18.7 Å². The molecule has 0 amide bonds. The van der Waals surface area contributed by atoms with Crippen LogP contribution in [0, 0.1) is 0 Å². The van der Waals surface area contributed by atoms with Crippen LogP contribution < -0.4 is 5.32 Å². The summed E-state index contributed by atoms with van der Waals surface area (Å²) in [5, 5.41) is 12.6. The van der Waals surface area contributed by atoms with Crippen LogP contribution in [0.5, 0.6) is 5.75 Å². The van der Waals surface area contributed by atoms with Gasteiger partial charge in [-0.3, -0.25) is 0 Å². The summed E-state index contributed by atoms with van der Waals surface area (Å²) in [6.45, 7) is 1.06. The third-order valence-corrected chi connectivity index (χ3v) is 2.16. The van der Waals surface area contributed by atoms with Gasteiger partial charge in [0.15, 0.2) is 0 Å². The number of hydrogen-bond acceptors (Lipinski definition) is 2. The average Bonchev–Trinajstić information content (AvgIpc) is 2.55. The van der Waals surface area contributed by atoms with Crippen LogP contribution >= 0.6 is 0 Å². The van der Waals surface area contributed by atoms with Crippen LogP contribution in [0.15, 0.2) is 12.3 Å². The summed E-state index contributed by atoms with van der Waals surface area (Å²) in [5.41, 5.74) is 0.933. The molecule has 0 radical (unpaired) electrons. The first kappa shape index (κ1) is 6.73. The Morgan fingerprint density at radius 1 is 1.55 bits per heavy atom. The lowest BCUT2D eigenvalue weighted by Gasteiger charge is -2.07. The zero-order valence-corrected chi connectivity index (χ0v) is 6.30. The first-order valence-electron chi connectivity index (χ1n) is 3.97. The molecule has 1 aromatic rings. The van der Waals surface area contributed by atoms with Crippen LogP contribution in [0.25, 0.3) is 0 Å². The van der Waals surface area contributed by atoms with Crippen molar-refractivity contribution >= 4 is 0 Å². The Morgan fingerprint density at radius 3 is 3.00 bits per heavy atom. The molecule has 1 fully saturated rings. The van der Waals surface area contributed by atoms with E-state index in [4.69, 9.17) is 0 Å². The predicted octanol–water partition coefficient (Wildman–Crippen LogP) is 1.14. The molecule has 0 saturated carbocycles. The predicted molar refractivity (Wildman–Crippen MR) is 42.4 cm³/mol. The number of rotatable bonds is 1. The number of aromatic amines is 1. The molecule has 0 aromatic carbocycles. The van der Waals surface area contributed by atoms with Crippen LogP contribution in [0.4, 0.5) is 0 Å². The zero-order valence-electron chi connectivity index (χ0n) is 6.30. The highest BCUT2D eigenvalue weighted by Crippen LogP contribution is 2.28. The molecule has 1 atom stereocenters. The Bertz CT molecular complexity index is 238. The van der Waals surface area contributed by atoms with E-state index < -0.39 is 0 Å². The second-order valence-electron chi connectivity index (χ2n) is 2.93. The van der Waals surface area contributed by atoms with E-state index in [1.165, 1.54) is 6.42 Å². The van der Waals surface area contributed by atoms with Crippen LogP contribution in [-0.2, 0) is 0 Å². The molecule has 0 unspecified atom stereocenters. The lowest BCUT2D eigenvalue weighted by atomic mass is 10.1. The summed E-state index contributed by atoms with van der Waals surface area (Å²) in [4.78, 5) is 3.03. The van der Waals surface area contributed by atoms with Crippen molar-refractivity contribution < 1.29 is 5.11 Å². The molecular formula is C8H12N2O. The van der Waals surface area contributed by atoms with Gasteiger partial charge in [-0.1, -0.05) is 0 Å². The van der Waals surface area contributed by atoms with Crippen LogP contribution in [-0.4, -0.2) is 16.6 Å². The first-order valence-corrected chi connectivity index (χ1v) is 3.97. The SMILES string of the molecule is Oc1cc[nH]c1[C@@H]1CCCN1. The van der Waals surface area contributed by atoms with E-state index >= 15 is 0 Å². The maximum absolute atomic E-state index is 9.34. The van der Waals surface area contributed by atoms with Crippen molar-refractivity contribution in [1.82, 2.24) is 10.3 Å². The molecular weight excluding hydrogens is 140 g/mol. The fourth-order valence-corrected chi connectivity index (χ4v) is 1.58. The fraction of sp³-hybridized carbons (Fsp3) is 0.500. The molecule has 1 aromatic heterocycles. The standard InChI is InChI=1S/C8H12N2O/c11-7-3-5-10-8(7)6-2-1-4-9-6/h3,5-6,9-11H,1-2,4H2/t6-/m0/s1. The largest absolute Gasteiger partial charge is 0.506 e. The maximum atomic E-state index is 9.34. The molecule has 0 spiro atoms. The average molecular weight is 152 g/mol. The van der Waals surface area contributed by atoms with Crippen LogP contribution in [0.3, 0.4) is 0 Å². The van der Waals surface area contributed by atoms with Gasteiger partial charge in [0, 0.05) is 6.20 Å². The number of aromatic nitrogens is 1. The summed E-state index contributed by atoms with van der Waals surface area (Å²) in [7, 11) is 0. The van der Waals surface area contributed by atoms with Crippen molar-refractivity contribution in [3.8, 4) is 5.75 Å². The van der Waals surface area contributed by atoms with Gasteiger partial charge in [0.1, 0.15) is 5.75 Å². The Labute approximate surface area is 65.4 Å². The second kappa shape index (κ2) is 2.58. The smallest absolute Gasteiger partial charge is 0.137 e. The number of aromatic hydroxyl groups is 1. The topological polar surface area (TPSA) is 48.0 Å². The van der Waals surface area contributed by atoms with Gasteiger partial charge in [0.25, 0.3) is 0 Å². The Morgan fingerprint density at radius 2 is 2.45 bits per heavy atom. The molecule has 2 heterocycles. The molecule has 3 N–H and O–H groups in total. The highest BCUT2D eigenvalue weighted by molar-refractivity contribution is 5.29. The number of nitrogens with one attached hydrogen (secondary N) is 2. The van der Waals surface area contributed by atoms with Gasteiger partial charge >= 0.3 is 0 Å². The van der Waals surface area contributed by atoms with Crippen molar-refractivity contribution in [3.63, 3.8) is 0 Å². The Kier molecular flexibility index (Phi) is 1.58. The molecule has 3 nitrogen and oxygen atoms in total. The van der Waals surface area contributed by atoms with Crippen LogP contribution in [0.2, 0.25) is 0 Å². The highest BCUT2D eigenvalue weighted by Gasteiger charge is 2.19. The summed E-state index contributed by atoms with van der Waals surface area (Å²) >= 11 is 0. The normalized spacial score (nSPS) is 24.2. The summed E-state index contributed by atoms with van der Waals surface area (Å²) in [6.07, 6.45) is 4.09. The summed E-state index contributed by atoms with van der Waals surface area (Å²) in [6, 6.07) is 2.03. The second-order valence-corrected chi connectivity index (χ2v) is 2.93. The molecule has 1 aliphatic heterocycles. The van der Waals surface area contributed by atoms with Crippen LogP contribution in [0.1, 0.15) is 24.6 Å². The van der Waals surface area contributed by atoms with E-state index in [1.807, 2.05) is 0 Å². The van der Waals surface area contributed by atoms with Gasteiger partial charge in [-0.15, -0.1) is 0 Å². The third-order valence-electron chi connectivity index (χ3n) is 2.16. The van der Waals surface area contributed by atoms with Crippen molar-refractivity contribution in [2.45, 2.75) is 18.9 Å². The Hall–Kier alpha value is -0.960. The lowest BCUT2D eigenvalue weighted by molar-refractivity contribution is 0.456. The minimum absolute atomic E-state index is 0.338. The van der Waals surface area contributed by atoms with Gasteiger partial charge in [-0.05, 0) is 25.5 Å². The van der Waals surface area contributed by atoms with Gasteiger partial charge in [-0.25, -0.2) is 0 Å². The van der Waals surface area contributed by atoms with Gasteiger partial charge in [-0.2, -0.15) is 0 Å². The molecule has 0 bridgehead atoms. The van der Waals surface area contributed by atoms with Crippen molar-refractivity contribution in [2.24, 2.45) is 0 Å². The lowest BCUT2D eigenvalue weighted by Crippen LogP contribution is -2.13. The van der Waals surface area contributed by atoms with E-state index in [2.05, 4.69) is 10.3 Å². The summed E-state index contributed by atoms with van der Waals surface area (Å²) in [5.74, 6) is 0.379. The first-order chi connectivity index (χ1) is 5.38. The fourth-order valence-electron chi connectivity index (χ4n) is 1.58. The molecule has 11 heavy (non-hydrogen) atoms. The molecule has 0 aliphatic carbocycles. The zero-order chi connectivity index (χ0) is 7.68. The van der Waals surface area contributed by atoms with E-state index in [9.17, 15) is 5.11 Å².